The summed E-state index contributed by atoms with van der Waals surface area (Å²) in [5.41, 5.74) is 5.19. The Labute approximate surface area is 192 Å². The second-order valence-corrected chi connectivity index (χ2v) is 7.77. The Morgan fingerprint density at radius 1 is 1.12 bits per heavy atom. The molecule has 1 unspecified atom stereocenters. The third-order valence-corrected chi connectivity index (χ3v) is 5.46. The molecule has 1 amide bonds. The van der Waals surface area contributed by atoms with E-state index in [0.717, 1.165) is 39.1 Å². The fourth-order valence-electron chi connectivity index (χ4n) is 3.78. The van der Waals surface area contributed by atoms with Gasteiger partial charge in [0.15, 0.2) is 0 Å². The Bertz CT molecular complexity index is 1280. The second-order valence-electron chi connectivity index (χ2n) is 7.77. The number of carbonyl (C=O) groups is 1. The Morgan fingerprint density at radius 2 is 2.00 bits per heavy atom. The number of nitrogens with one attached hydrogen (secondary N) is 2. The van der Waals surface area contributed by atoms with Gasteiger partial charge in [-0.3, -0.25) is 14.8 Å². The fraction of sp³-hybridized carbons (Fsp3) is 0.240. The number of para-hydroxylation sites is 1. The van der Waals surface area contributed by atoms with Crippen molar-refractivity contribution in [2.45, 2.75) is 19.4 Å². The van der Waals surface area contributed by atoms with Crippen LogP contribution in [0.1, 0.15) is 34.3 Å². The van der Waals surface area contributed by atoms with E-state index in [9.17, 15) is 4.79 Å². The molecule has 0 fully saturated rings. The normalized spacial score (nSPS) is 11.8. The van der Waals surface area contributed by atoms with Crippen molar-refractivity contribution in [3.05, 3.63) is 78.0 Å². The van der Waals surface area contributed by atoms with Crippen molar-refractivity contribution in [3.8, 4) is 11.3 Å². The minimum atomic E-state index is -0.122. The summed E-state index contributed by atoms with van der Waals surface area (Å²) in [6.45, 7) is 3.26. The highest BCUT2D eigenvalue weighted by Gasteiger charge is 2.15. The van der Waals surface area contributed by atoms with Gasteiger partial charge in [0, 0.05) is 62.2 Å². The maximum absolute atomic E-state index is 12.2. The van der Waals surface area contributed by atoms with Crippen LogP contribution in [0.3, 0.4) is 0 Å². The van der Waals surface area contributed by atoms with Crippen LogP contribution in [0, 0.1) is 0 Å². The maximum Gasteiger partial charge on any atom is 0.251 e. The van der Waals surface area contributed by atoms with Gasteiger partial charge in [-0.2, -0.15) is 0 Å². The molecular weight excluding hydrogens is 416 g/mol. The molecule has 3 heterocycles. The zero-order valence-electron chi connectivity index (χ0n) is 18.9. The molecule has 4 rings (SSSR count). The van der Waals surface area contributed by atoms with Crippen LogP contribution in [0.2, 0.25) is 0 Å². The second kappa shape index (κ2) is 10.1. The van der Waals surface area contributed by atoms with Crippen LogP contribution in [-0.2, 0) is 11.3 Å². The zero-order chi connectivity index (χ0) is 23.2. The average molecular weight is 443 g/mol. The highest BCUT2D eigenvalue weighted by molar-refractivity contribution is 6.06. The number of aromatic nitrogens is 4. The summed E-state index contributed by atoms with van der Waals surface area (Å²) >= 11 is 0. The van der Waals surface area contributed by atoms with Gasteiger partial charge < -0.3 is 15.4 Å². The van der Waals surface area contributed by atoms with E-state index in [0.29, 0.717) is 18.7 Å². The number of anilines is 1. The van der Waals surface area contributed by atoms with E-state index in [2.05, 4.69) is 37.5 Å². The number of hydrogen-bond donors (Lipinski definition) is 2. The quantitative estimate of drug-likeness (QED) is 0.428. The van der Waals surface area contributed by atoms with Crippen LogP contribution < -0.4 is 10.6 Å². The van der Waals surface area contributed by atoms with Crippen molar-refractivity contribution in [1.29, 1.82) is 0 Å². The molecule has 0 bridgehead atoms. The molecule has 0 aliphatic carbocycles. The largest absolute Gasteiger partial charge is 0.380 e. The molecule has 1 aromatic carbocycles. The number of pyridine rings is 2. The van der Waals surface area contributed by atoms with Crippen molar-refractivity contribution in [1.82, 2.24) is 25.3 Å². The molecule has 2 N–H and O–H groups in total. The van der Waals surface area contributed by atoms with Crippen molar-refractivity contribution < 1.29 is 9.53 Å². The average Bonchev–Trinajstić information content (AvgIpc) is 2.86. The number of nitrogens with zero attached hydrogens (tertiary/aromatic N) is 4. The molecule has 0 spiro atoms. The standard InChI is InChI=1S/C25H26N6O2/c1-16(19-5-4-6-20-21(25(32)26-2)7-8-28-24(19)20)11-29-23-10-22(30-15-31-23)18-9-17(14-33-3)12-27-13-18/h4-10,12-13,15-16H,11,14H2,1-3H3,(H,26,32)(H,29,30,31). The lowest BCUT2D eigenvalue weighted by Crippen LogP contribution is -2.18. The predicted octanol–water partition coefficient (Wildman–Crippen LogP) is 3.81. The van der Waals surface area contributed by atoms with E-state index in [1.807, 2.05) is 30.3 Å². The first-order valence-electron chi connectivity index (χ1n) is 10.7. The molecule has 4 aromatic rings. The van der Waals surface area contributed by atoms with Crippen molar-refractivity contribution in [3.63, 3.8) is 0 Å². The molecule has 1 atom stereocenters. The molecule has 0 aliphatic rings. The third-order valence-electron chi connectivity index (χ3n) is 5.46. The molecule has 3 aromatic heterocycles. The van der Waals surface area contributed by atoms with Crippen LogP contribution >= 0.6 is 0 Å². The molecule has 8 nitrogen and oxygen atoms in total. The first-order chi connectivity index (χ1) is 16.1. The third kappa shape index (κ3) is 4.96. The Kier molecular flexibility index (Phi) is 6.85. The number of amides is 1. The van der Waals surface area contributed by atoms with Crippen molar-refractivity contribution in [2.24, 2.45) is 0 Å². The van der Waals surface area contributed by atoms with Gasteiger partial charge in [-0.1, -0.05) is 25.1 Å². The molecule has 168 valence electrons. The smallest absolute Gasteiger partial charge is 0.251 e. The maximum atomic E-state index is 12.2. The number of ether oxygens (including phenoxy) is 1. The number of rotatable bonds is 8. The van der Waals surface area contributed by atoms with E-state index in [4.69, 9.17) is 4.74 Å². The van der Waals surface area contributed by atoms with E-state index >= 15 is 0 Å². The molecule has 0 saturated carbocycles. The summed E-state index contributed by atoms with van der Waals surface area (Å²) in [5, 5.41) is 6.94. The van der Waals surface area contributed by atoms with Crippen LogP contribution in [0.4, 0.5) is 5.82 Å². The predicted molar refractivity (Wildman–Crippen MR) is 128 cm³/mol. The van der Waals surface area contributed by atoms with Gasteiger partial charge in [0.1, 0.15) is 12.1 Å². The van der Waals surface area contributed by atoms with E-state index in [1.165, 1.54) is 0 Å². The van der Waals surface area contributed by atoms with E-state index in [1.54, 1.807) is 45.1 Å². The van der Waals surface area contributed by atoms with Gasteiger partial charge >= 0.3 is 0 Å². The molecule has 0 aliphatic heterocycles. The first-order valence-corrected chi connectivity index (χ1v) is 10.7. The summed E-state index contributed by atoms with van der Waals surface area (Å²) < 4.78 is 5.19. The lowest BCUT2D eigenvalue weighted by molar-refractivity contribution is 0.0964. The number of methoxy groups -OCH3 is 1. The Morgan fingerprint density at radius 3 is 2.82 bits per heavy atom. The van der Waals surface area contributed by atoms with Gasteiger partial charge in [0.05, 0.1) is 23.4 Å². The molecule has 33 heavy (non-hydrogen) atoms. The molecule has 0 radical (unpaired) electrons. The lowest BCUT2D eigenvalue weighted by atomic mass is 9.96. The minimum absolute atomic E-state index is 0.122. The number of hydrogen-bond acceptors (Lipinski definition) is 7. The zero-order valence-corrected chi connectivity index (χ0v) is 18.9. The summed E-state index contributed by atoms with van der Waals surface area (Å²) in [6.07, 6.45) is 6.78. The lowest BCUT2D eigenvalue weighted by Gasteiger charge is -2.16. The van der Waals surface area contributed by atoms with Gasteiger partial charge in [-0.15, -0.1) is 0 Å². The van der Waals surface area contributed by atoms with Gasteiger partial charge in [-0.25, -0.2) is 9.97 Å². The van der Waals surface area contributed by atoms with Crippen LogP contribution in [-0.4, -0.2) is 46.5 Å². The van der Waals surface area contributed by atoms with Gasteiger partial charge in [0.2, 0.25) is 0 Å². The minimum Gasteiger partial charge on any atom is -0.380 e. The number of carbonyl (C=O) groups excluding carboxylic acids is 1. The number of benzene rings is 1. The van der Waals surface area contributed by atoms with Crippen molar-refractivity contribution >= 4 is 22.6 Å². The first kappa shape index (κ1) is 22.3. The summed E-state index contributed by atoms with van der Waals surface area (Å²) in [6, 6.07) is 11.6. The highest BCUT2D eigenvalue weighted by atomic mass is 16.5. The van der Waals surface area contributed by atoms with Crippen LogP contribution in [0.15, 0.2) is 61.3 Å². The van der Waals surface area contributed by atoms with Crippen LogP contribution in [0.25, 0.3) is 22.2 Å². The summed E-state index contributed by atoms with van der Waals surface area (Å²) in [7, 11) is 3.29. The van der Waals surface area contributed by atoms with Crippen LogP contribution in [0.5, 0.6) is 0 Å². The highest BCUT2D eigenvalue weighted by Crippen LogP contribution is 2.27. The van der Waals surface area contributed by atoms with Gasteiger partial charge in [0.25, 0.3) is 5.91 Å². The SMILES string of the molecule is CNC(=O)c1ccnc2c(C(C)CNc3cc(-c4cncc(COC)c4)ncn3)cccc12. The molecular formula is C25H26N6O2. The van der Waals surface area contributed by atoms with E-state index in [-0.39, 0.29) is 11.8 Å². The van der Waals surface area contributed by atoms with Crippen molar-refractivity contribution in [2.75, 3.05) is 26.0 Å². The number of fused-ring (bicyclic) bond motifs is 1. The molecule has 0 saturated heterocycles. The van der Waals surface area contributed by atoms with Gasteiger partial charge in [-0.05, 0) is 23.3 Å². The fourth-order valence-corrected chi connectivity index (χ4v) is 3.78. The Balaban J connectivity index is 1.54. The molecule has 8 heteroatoms. The summed E-state index contributed by atoms with van der Waals surface area (Å²) in [4.78, 5) is 29.8. The topological polar surface area (TPSA) is 102 Å². The monoisotopic (exact) mass is 442 g/mol. The summed E-state index contributed by atoms with van der Waals surface area (Å²) in [5.74, 6) is 0.734. The van der Waals surface area contributed by atoms with E-state index < -0.39 is 0 Å². The Hall–Kier alpha value is -3.91.